The van der Waals surface area contributed by atoms with E-state index in [0.29, 0.717) is 18.7 Å². The summed E-state index contributed by atoms with van der Waals surface area (Å²) in [6.07, 6.45) is 5.25. The largest absolute Gasteiger partial charge is 0.490 e. The number of likely N-dealkylation sites (tertiary alicyclic amines) is 1. The first-order valence-corrected chi connectivity index (χ1v) is 12.6. The maximum atomic E-state index is 13.5. The zero-order chi connectivity index (χ0) is 25.6. The van der Waals surface area contributed by atoms with Gasteiger partial charge in [-0.1, -0.05) is 36.4 Å². The van der Waals surface area contributed by atoms with Gasteiger partial charge in [-0.25, -0.2) is 9.37 Å². The molecule has 0 unspecified atom stereocenters. The summed E-state index contributed by atoms with van der Waals surface area (Å²) in [5.74, 6) is 1.55. The molecule has 0 saturated carbocycles. The molecule has 37 heavy (non-hydrogen) atoms. The summed E-state index contributed by atoms with van der Waals surface area (Å²) < 4.78 is 19.8. The first-order valence-electron chi connectivity index (χ1n) is 12.6. The van der Waals surface area contributed by atoms with Crippen LogP contribution in [-0.4, -0.2) is 51.9 Å². The number of rotatable bonds is 8. The molecule has 1 aliphatic heterocycles. The average molecular weight is 499 g/mol. The van der Waals surface area contributed by atoms with Crippen molar-refractivity contribution in [2.24, 2.45) is 0 Å². The van der Waals surface area contributed by atoms with Gasteiger partial charge in [-0.3, -0.25) is 9.69 Å². The number of piperidine rings is 1. The van der Waals surface area contributed by atoms with E-state index in [1.807, 2.05) is 53.6 Å². The lowest BCUT2D eigenvalue weighted by molar-refractivity contribution is 0.0595. The number of hydrogen-bond acceptors (Lipinski definition) is 4. The standard InChI is InChI=1S/C30H31FN4O2/c1-34(21-29-32-14-15-33-29)20-22-4-2-7-28(18-22)37-27-12-16-35(17-13-27)30(36)24-10-8-23(9-11-24)25-5-3-6-26(31)19-25/h2-11,14-15,18-19,27H,12-13,16-17,20-21H2,1H3,(H,32,33). The van der Waals surface area contributed by atoms with Crippen molar-refractivity contribution in [2.45, 2.75) is 32.0 Å². The SMILES string of the molecule is CN(Cc1cccc(OC2CCN(C(=O)c3ccc(-c4cccc(F)c4)cc3)CC2)c1)Cc1ncc[nH]1. The lowest BCUT2D eigenvalue weighted by Crippen LogP contribution is -2.41. The highest BCUT2D eigenvalue weighted by molar-refractivity contribution is 5.94. The molecule has 1 saturated heterocycles. The van der Waals surface area contributed by atoms with Crippen LogP contribution < -0.4 is 4.74 Å². The minimum Gasteiger partial charge on any atom is -0.490 e. The third-order valence-corrected chi connectivity index (χ3v) is 6.65. The lowest BCUT2D eigenvalue weighted by atomic mass is 10.0. The Morgan fingerprint density at radius 3 is 2.54 bits per heavy atom. The molecule has 1 aromatic heterocycles. The van der Waals surface area contributed by atoms with Crippen LogP contribution in [0.1, 0.15) is 34.6 Å². The molecule has 0 aliphatic carbocycles. The number of H-pyrrole nitrogens is 1. The predicted octanol–water partition coefficient (Wildman–Crippen LogP) is 5.53. The van der Waals surface area contributed by atoms with Crippen molar-refractivity contribution in [1.29, 1.82) is 0 Å². The molecule has 3 aromatic carbocycles. The molecule has 1 fully saturated rings. The van der Waals surface area contributed by atoms with Crippen molar-refractivity contribution in [3.8, 4) is 16.9 Å². The zero-order valence-electron chi connectivity index (χ0n) is 20.9. The number of nitrogens with zero attached hydrogens (tertiary/aromatic N) is 3. The number of carbonyl (C=O) groups is 1. The number of aromatic amines is 1. The van der Waals surface area contributed by atoms with Crippen LogP contribution in [0.5, 0.6) is 5.75 Å². The van der Waals surface area contributed by atoms with Gasteiger partial charge >= 0.3 is 0 Å². The van der Waals surface area contributed by atoms with Crippen LogP contribution in [0, 0.1) is 5.82 Å². The molecular formula is C30H31FN4O2. The monoisotopic (exact) mass is 498 g/mol. The van der Waals surface area contributed by atoms with Crippen LogP contribution in [0.3, 0.4) is 0 Å². The van der Waals surface area contributed by atoms with Gasteiger partial charge in [-0.15, -0.1) is 0 Å². The number of imidazole rings is 1. The Balaban J connectivity index is 1.12. The van der Waals surface area contributed by atoms with Gasteiger partial charge in [0.25, 0.3) is 5.91 Å². The Hall–Kier alpha value is -3.97. The summed E-state index contributed by atoms with van der Waals surface area (Å²) in [6, 6.07) is 22.1. The van der Waals surface area contributed by atoms with Crippen LogP contribution in [0.4, 0.5) is 4.39 Å². The smallest absolute Gasteiger partial charge is 0.253 e. The summed E-state index contributed by atoms with van der Waals surface area (Å²) in [7, 11) is 2.07. The molecule has 2 heterocycles. The molecule has 190 valence electrons. The van der Waals surface area contributed by atoms with E-state index < -0.39 is 0 Å². The molecule has 0 spiro atoms. The van der Waals surface area contributed by atoms with Crippen LogP contribution in [0.2, 0.25) is 0 Å². The molecule has 6 nitrogen and oxygen atoms in total. The fourth-order valence-corrected chi connectivity index (χ4v) is 4.75. The normalized spacial score (nSPS) is 14.2. The van der Waals surface area contributed by atoms with Gasteiger partial charge in [0.1, 0.15) is 23.5 Å². The number of hydrogen-bond donors (Lipinski definition) is 1. The summed E-state index contributed by atoms with van der Waals surface area (Å²) in [6.45, 7) is 2.85. The second-order valence-corrected chi connectivity index (χ2v) is 9.55. The first kappa shape index (κ1) is 24.7. The van der Waals surface area contributed by atoms with E-state index in [1.165, 1.54) is 17.7 Å². The Labute approximate surface area is 216 Å². The van der Waals surface area contributed by atoms with Crippen LogP contribution in [0.15, 0.2) is 85.2 Å². The van der Waals surface area contributed by atoms with Gasteiger partial charge in [-0.05, 0) is 60.1 Å². The summed E-state index contributed by atoms with van der Waals surface area (Å²) in [5.41, 5.74) is 3.51. The van der Waals surface area contributed by atoms with E-state index in [4.69, 9.17) is 4.74 Å². The molecule has 0 radical (unpaired) electrons. The molecule has 5 rings (SSSR count). The summed E-state index contributed by atoms with van der Waals surface area (Å²) >= 11 is 0. The van der Waals surface area contributed by atoms with Crippen molar-refractivity contribution in [3.05, 3.63) is 108 Å². The van der Waals surface area contributed by atoms with Crippen molar-refractivity contribution in [1.82, 2.24) is 19.8 Å². The molecule has 4 aromatic rings. The molecule has 1 amide bonds. The number of aromatic nitrogens is 2. The van der Waals surface area contributed by atoms with E-state index in [0.717, 1.165) is 48.6 Å². The van der Waals surface area contributed by atoms with E-state index >= 15 is 0 Å². The third-order valence-electron chi connectivity index (χ3n) is 6.65. The lowest BCUT2D eigenvalue weighted by Gasteiger charge is -2.32. The average Bonchev–Trinajstić information content (AvgIpc) is 3.42. The Morgan fingerprint density at radius 1 is 1.03 bits per heavy atom. The highest BCUT2D eigenvalue weighted by atomic mass is 19.1. The second kappa shape index (κ2) is 11.4. The third kappa shape index (κ3) is 6.43. The molecule has 7 heteroatoms. The highest BCUT2D eigenvalue weighted by Gasteiger charge is 2.25. The molecule has 0 atom stereocenters. The summed E-state index contributed by atoms with van der Waals surface area (Å²) in [5, 5.41) is 0. The zero-order valence-corrected chi connectivity index (χ0v) is 20.9. The highest BCUT2D eigenvalue weighted by Crippen LogP contribution is 2.24. The topological polar surface area (TPSA) is 61.5 Å². The summed E-state index contributed by atoms with van der Waals surface area (Å²) in [4.78, 5) is 24.6. The van der Waals surface area contributed by atoms with E-state index in [1.54, 1.807) is 12.3 Å². The van der Waals surface area contributed by atoms with Crippen molar-refractivity contribution in [3.63, 3.8) is 0 Å². The van der Waals surface area contributed by atoms with Crippen molar-refractivity contribution >= 4 is 5.91 Å². The van der Waals surface area contributed by atoms with Crippen LogP contribution in [0.25, 0.3) is 11.1 Å². The molecule has 0 bridgehead atoms. The first-order chi connectivity index (χ1) is 18.0. The fourth-order valence-electron chi connectivity index (χ4n) is 4.75. The number of nitrogens with one attached hydrogen (secondary N) is 1. The van der Waals surface area contributed by atoms with Gasteiger partial charge in [0.15, 0.2) is 0 Å². The quantitative estimate of drug-likeness (QED) is 0.347. The number of carbonyl (C=O) groups excluding carboxylic acids is 1. The fraction of sp³-hybridized carbons (Fsp3) is 0.267. The van der Waals surface area contributed by atoms with E-state index in [2.05, 4.69) is 34.0 Å². The predicted molar refractivity (Wildman–Crippen MR) is 142 cm³/mol. The second-order valence-electron chi connectivity index (χ2n) is 9.55. The Bertz CT molecular complexity index is 1320. The van der Waals surface area contributed by atoms with Crippen LogP contribution >= 0.6 is 0 Å². The van der Waals surface area contributed by atoms with Gasteiger partial charge in [0, 0.05) is 50.4 Å². The number of ether oxygens (including phenoxy) is 1. The minimum absolute atomic E-state index is 0.0193. The Morgan fingerprint density at radius 2 is 1.81 bits per heavy atom. The number of benzene rings is 3. The minimum atomic E-state index is -0.271. The van der Waals surface area contributed by atoms with E-state index in [-0.39, 0.29) is 17.8 Å². The van der Waals surface area contributed by atoms with Crippen molar-refractivity contribution < 1.29 is 13.9 Å². The molecule has 1 aliphatic rings. The van der Waals surface area contributed by atoms with Crippen LogP contribution in [-0.2, 0) is 13.1 Å². The Kier molecular flexibility index (Phi) is 7.61. The number of halogens is 1. The van der Waals surface area contributed by atoms with Gasteiger partial charge in [0.2, 0.25) is 0 Å². The molecule has 1 N–H and O–H groups in total. The van der Waals surface area contributed by atoms with Gasteiger partial charge in [-0.2, -0.15) is 0 Å². The number of amides is 1. The maximum Gasteiger partial charge on any atom is 0.253 e. The maximum absolute atomic E-state index is 13.5. The van der Waals surface area contributed by atoms with Gasteiger partial charge < -0.3 is 14.6 Å². The van der Waals surface area contributed by atoms with Crippen molar-refractivity contribution in [2.75, 3.05) is 20.1 Å². The van der Waals surface area contributed by atoms with E-state index in [9.17, 15) is 9.18 Å². The molecular weight excluding hydrogens is 467 g/mol. The van der Waals surface area contributed by atoms with Gasteiger partial charge in [0.05, 0.1) is 6.54 Å².